The summed E-state index contributed by atoms with van der Waals surface area (Å²) in [5, 5.41) is 6.57. The number of carbonyl (C=O) groups excluding carboxylic acids is 1. The highest BCUT2D eigenvalue weighted by molar-refractivity contribution is 7.14. The molecule has 1 aliphatic carbocycles. The van der Waals surface area contributed by atoms with Crippen molar-refractivity contribution < 1.29 is 4.79 Å². The van der Waals surface area contributed by atoms with Crippen LogP contribution < -0.4 is 10.2 Å². The molecule has 1 fully saturated rings. The van der Waals surface area contributed by atoms with Crippen LogP contribution in [0.2, 0.25) is 0 Å². The topological polar surface area (TPSA) is 61.0 Å². The van der Waals surface area contributed by atoms with Crippen LogP contribution >= 0.6 is 11.3 Å². The molecule has 3 heterocycles. The van der Waals surface area contributed by atoms with Crippen LogP contribution in [0.1, 0.15) is 41.9 Å². The maximum Gasteiger partial charge on any atom is 0.185 e. The standard InChI is InChI=1S/C18H24N4OS/c1-11-15-12(8-18(2,3)9-14(15)23)16(20-11)13-10-24-17(21-13)22-6-4-19-5-7-22/h10,19-20H,4-9H2,1-3H3. The van der Waals surface area contributed by atoms with Gasteiger partial charge in [-0.05, 0) is 24.3 Å². The number of Topliss-reactive ketones (excluding diaryl/α,β-unsaturated/α-hetero) is 1. The SMILES string of the molecule is Cc1[nH]c(-c2csc(N3CCNCC3)n2)c2c1C(=O)CC(C)(C)C2. The fraction of sp³-hybridized carbons (Fsp3) is 0.556. The van der Waals surface area contributed by atoms with Gasteiger partial charge in [-0.2, -0.15) is 0 Å². The Balaban J connectivity index is 1.72. The molecule has 0 aromatic carbocycles. The van der Waals surface area contributed by atoms with Crippen LogP contribution in [-0.4, -0.2) is 41.9 Å². The van der Waals surface area contributed by atoms with Crippen LogP contribution in [0.4, 0.5) is 5.13 Å². The number of H-pyrrole nitrogens is 1. The second kappa shape index (κ2) is 5.70. The highest BCUT2D eigenvalue weighted by atomic mass is 32.1. The van der Waals surface area contributed by atoms with Crippen LogP contribution in [0.3, 0.4) is 0 Å². The van der Waals surface area contributed by atoms with E-state index in [-0.39, 0.29) is 11.2 Å². The fourth-order valence-corrected chi connectivity index (χ4v) is 4.76. The first-order valence-corrected chi connectivity index (χ1v) is 9.49. The zero-order valence-electron chi connectivity index (χ0n) is 14.5. The maximum atomic E-state index is 12.6. The second-order valence-electron chi connectivity index (χ2n) is 7.67. The number of fused-ring (bicyclic) bond motifs is 1. The summed E-state index contributed by atoms with van der Waals surface area (Å²) >= 11 is 1.69. The van der Waals surface area contributed by atoms with E-state index in [2.05, 4.69) is 34.4 Å². The van der Waals surface area contributed by atoms with Gasteiger partial charge in [0.2, 0.25) is 0 Å². The molecule has 0 unspecified atom stereocenters. The molecule has 0 atom stereocenters. The highest BCUT2D eigenvalue weighted by Crippen LogP contribution is 2.41. The van der Waals surface area contributed by atoms with Gasteiger partial charge in [0, 0.05) is 49.2 Å². The molecule has 128 valence electrons. The normalized spacial score (nSPS) is 20.3. The molecule has 1 saturated heterocycles. The van der Waals surface area contributed by atoms with Crippen molar-refractivity contribution in [1.29, 1.82) is 0 Å². The third-order valence-corrected chi connectivity index (χ3v) is 5.90. The maximum absolute atomic E-state index is 12.6. The summed E-state index contributed by atoms with van der Waals surface area (Å²) in [5.41, 5.74) is 5.08. The zero-order valence-corrected chi connectivity index (χ0v) is 15.3. The summed E-state index contributed by atoms with van der Waals surface area (Å²) in [5.74, 6) is 0.263. The number of hydrogen-bond acceptors (Lipinski definition) is 5. The number of rotatable bonds is 2. The minimum atomic E-state index is 0.0187. The molecule has 0 radical (unpaired) electrons. The molecule has 0 spiro atoms. The Morgan fingerprint density at radius 3 is 2.75 bits per heavy atom. The smallest absolute Gasteiger partial charge is 0.185 e. The van der Waals surface area contributed by atoms with Crippen LogP contribution in [0.5, 0.6) is 0 Å². The Morgan fingerprint density at radius 2 is 2.00 bits per heavy atom. The van der Waals surface area contributed by atoms with Crippen molar-refractivity contribution in [2.45, 2.75) is 33.6 Å². The molecule has 2 aromatic rings. The third-order valence-electron chi connectivity index (χ3n) is 5.00. The minimum Gasteiger partial charge on any atom is -0.356 e. The van der Waals surface area contributed by atoms with Crippen molar-refractivity contribution in [3.8, 4) is 11.4 Å². The van der Waals surface area contributed by atoms with E-state index in [1.165, 1.54) is 0 Å². The molecular formula is C18H24N4OS. The number of nitrogens with one attached hydrogen (secondary N) is 2. The van der Waals surface area contributed by atoms with Crippen LogP contribution in [0.25, 0.3) is 11.4 Å². The summed E-state index contributed by atoms with van der Waals surface area (Å²) in [7, 11) is 0. The van der Waals surface area contributed by atoms with Gasteiger partial charge in [-0.3, -0.25) is 4.79 Å². The first-order chi connectivity index (χ1) is 11.4. The van der Waals surface area contributed by atoms with Gasteiger partial charge in [0.15, 0.2) is 10.9 Å². The van der Waals surface area contributed by atoms with E-state index < -0.39 is 0 Å². The van der Waals surface area contributed by atoms with Crippen molar-refractivity contribution in [1.82, 2.24) is 15.3 Å². The van der Waals surface area contributed by atoms with E-state index in [1.807, 2.05) is 6.92 Å². The number of piperazine rings is 1. The van der Waals surface area contributed by atoms with E-state index >= 15 is 0 Å². The molecular weight excluding hydrogens is 320 g/mol. The summed E-state index contributed by atoms with van der Waals surface area (Å²) in [6, 6.07) is 0. The first-order valence-electron chi connectivity index (χ1n) is 8.61. The number of nitrogens with zero attached hydrogens (tertiary/aromatic N) is 2. The molecule has 0 bridgehead atoms. The number of ketones is 1. The van der Waals surface area contributed by atoms with Gasteiger partial charge in [0.05, 0.1) is 5.69 Å². The minimum absolute atomic E-state index is 0.0187. The number of thiazole rings is 1. The van der Waals surface area contributed by atoms with Crippen LogP contribution in [0, 0.1) is 12.3 Å². The molecule has 2 aliphatic rings. The quantitative estimate of drug-likeness (QED) is 0.879. The van der Waals surface area contributed by atoms with Gasteiger partial charge < -0.3 is 15.2 Å². The van der Waals surface area contributed by atoms with Crippen molar-refractivity contribution in [2.24, 2.45) is 5.41 Å². The van der Waals surface area contributed by atoms with Gasteiger partial charge in [-0.25, -0.2) is 4.98 Å². The van der Waals surface area contributed by atoms with E-state index in [9.17, 15) is 4.79 Å². The van der Waals surface area contributed by atoms with Gasteiger partial charge in [-0.1, -0.05) is 13.8 Å². The second-order valence-corrected chi connectivity index (χ2v) is 8.51. The third kappa shape index (κ3) is 2.67. The Morgan fingerprint density at radius 1 is 1.25 bits per heavy atom. The number of aromatic amines is 1. The Hall–Kier alpha value is -1.66. The Bertz CT molecular complexity index is 783. The summed E-state index contributed by atoms with van der Waals surface area (Å²) in [4.78, 5) is 23.2. The lowest BCUT2D eigenvalue weighted by Gasteiger charge is -2.29. The molecule has 0 amide bonds. The van der Waals surface area contributed by atoms with Crippen molar-refractivity contribution in [3.63, 3.8) is 0 Å². The van der Waals surface area contributed by atoms with Crippen molar-refractivity contribution >= 4 is 22.3 Å². The summed E-state index contributed by atoms with van der Waals surface area (Å²) < 4.78 is 0. The molecule has 2 N–H and O–H groups in total. The average molecular weight is 344 g/mol. The predicted octanol–water partition coefficient (Wildman–Crippen LogP) is 3.01. The lowest BCUT2D eigenvalue weighted by Crippen LogP contribution is -2.43. The van der Waals surface area contributed by atoms with Crippen molar-refractivity contribution in [2.75, 3.05) is 31.1 Å². The van der Waals surface area contributed by atoms with Gasteiger partial charge >= 0.3 is 0 Å². The van der Waals surface area contributed by atoms with Gasteiger partial charge in [0.1, 0.15) is 5.69 Å². The fourth-order valence-electron chi connectivity index (χ4n) is 3.89. The molecule has 0 saturated carbocycles. The molecule has 1 aliphatic heterocycles. The Labute approximate surface area is 146 Å². The largest absolute Gasteiger partial charge is 0.356 e. The monoisotopic (exact) mass is 344 g/mol. The predicted molar refractivity (Wildman–Crippen MR) is 98.2 cm³/mol. The molecule has 6 heteroatoms. The number of hydrogen-bond donors (Lipinski definition) is 2. The summed E-state index contributed by atoms with van der Waals surface area (Å²) in [6.45, 7) is 10.4. The van der Waals surface area contributed by atoms with Gasteiger partial charge in [0.25, 0.3) is 0 Å². The first kappa shape index (κ1) is 15.8. The lowest BCUT2D eigenvalue weighted by molar-refractivity contribution is 0.0912. The van der Waals surface area contributed by atoms with Crippen LogP contribution in [-0.2, 0) is 6.42 Å². The number of aromatic nitrogens is 2. The van der Waals surface area contributed by atoms with Crippen molar-refractivity contribution in [3.05, 3.63) is 22.2 Å². The molecule has 5 nitrogen and oxygen atoms in total. The Kier molecular flexibility index (Phi) is 3.77. The highest BCUT2D eigenvalue weighted by Gasteiger charge is 2.35. The van der Waals surface area contributed by atoms with Gasteiger partial charge in [-0.15, -0.1) is 11.3 Å². The van der Waals surface area contributed by atoms with Crippen LogP contribution in [0.15, 0.2) is 5.38 Å². The summed E-state index contributed by atoms with van der Waals surface area (Å²) in [6.07, 6.45) is 1.55. The number of carbonyl (C=O) groups is 1. The number of aryl methyl sites for hydroxylation is 1. The van der Waals surface area contributed by atoms with E-state index in [4.69, 9.17) is 4.98 Å². The molecule has 24 heavy (non-hydrogen) atoms. The van der Waals surface area contributed by atoms with E-state index in [0.717, 1.165) is 65.9 Å². The zero-order chi connectivity index (χ0) is 16.9. The molecule has 2 aromatic heterocycles. The van der Waals surface area contributed by atoms with E-state index in [1.54, 1.807) is 11.3 Å². The number of anilines is 1. The van der Waals surface area contributed by atoms with E-state index in [0.29, 0.717) is 6.42 Å². The molecule has 4 rings (SSSR count). The lowest BCUT2D eigenvalue weighted by atomic mass is 9.74. The average Bonchev–Trinajstić information content (AvgIpc) is 3.12.